The lowest BCUT2D eigenvalue weighted by molar-refractivity contribution is 0.206. The molecule has 1 unspecified atom stereocenters. The third kappa shape index (κ3) is 3.96. The second-order valence-electron chi connectivity index (χ2n) is 5.72. The van der Waals surface area contributed by atoms with Crippen LogP contribution in [0.4, 0.5) is 10.2 Å². The molecule has 1 aliphatic rings. The number of aromatic nitrogens is 2. The van der Waals surface area contributed by atoms with Gasteiger partial charge in [-0.3, -0.25) is 4.90 Å². The SMILES string of the molecule is COc1nccnc1NC1CCCN(Cc2ccccc2F)C1. The number of anilines is 1. The molecule has 0 spiro atoms. The normalized spacial score (nSPS) is 18.6. The molecule has 0 amide bonds. The van der Waals surface area contributed by atoms with E-state index in [1.54, 1.807) is 25.6 Å². The molecule has 2 heterocycles. The van der Waals surface area contributed by atoms with Gasteiger partial charge in [0.1, 0.15) is 5.82 Å². The Morgan fingerprint density at radius 2 is 2.13 bits per heavy atom. The number of halogens is 1. The van der Waals surface area contributed by atoms with Gasteiger partial charge in [0.15, 0.2) is 5.82 Å². The summed E-state index contributed by atoms with van der Waals surface area (Å²) in [7, 11) is 1.58. The van der Waals surface area contributed by atoms with E-state index in [4.69, 9.17) is 4.74 Å². The summed E-state index contributed by atoms with van der Waals surface area (Å²) in [4.78, 5) is 10.7. The second-order valence-corrected chi connectivity index (χ2v) is 5.72. The number of ether oxygens (including phenoxy) is 1. The second kappa shape index (κ2) is 7.37. The predicted octanol–water partition coefficient (Wildman–Crippen LogP) is 2.70. The molecule has 3 rings (SSSR count). The third-order valence-corrected chi connectivity index (χ3v) is 4.06. The molecule has 1 N–H and O–H groups in total. The van der Waals surface area contributed by atoms with Crippen molar-refractivity contribution in [1.29, 1.82) is 0 Å². The van der Waals surface area contributed by atoms with Crippen molar-refractivity contribution >= 4 is 5.82 Å². The first-order valence-corrected chi connectivity index (χ1v) is 7.83. The van der Waals surface area contributed by atoms with Gasteiger partial charge in [-0.15, -0.1) is 0 Å². The summed E-state index contributed by atoms with van der Waals surface area (Å²) < 4.78 is 19.0. The van der Waals surface area contributed by atoms with Crippen LogP contribution in [0.5, 0.6) is 5.88 Å². The first kappa shape index (κ1) is 15.7. The van der Waals surface area contributed by atoms with Crippen LogP contribution in [0.1, 0.15) is 18.4 Å². The van der Waals surface area contributed by atoms with Crippen LogP contribution in [0, 0.1) is 5.82 Å². The van der Waals surface area contributed by atoms with Crippen LogP contribution < -0.4 is 10.1 Å². The summed E-state index contributed by atoms with van der Waals surface area (Å²) in [6.45, 7) is 2.45. The van der Waals surface area contributed by atoms with Crippen molar-refractivity contribution in [2.75, 3.05) is 25.5 Å². The highest BCUT2D eigenvalue weighted by atomic mass is 19.1. The molecular formula is C17H21FN4O. The van der Waals surface area contributed by atoms with Crippen molar-refractivity contribution in [3.63, 3.8) is 0 Å². The van der Waals surface area contributed by atoms with Gasteiger partial charge < -0.3 is 10.1 Å². The molecule has 23 heavy (non-hydrogen) atoms. The standard InChI is InChI=1S/C17H21FN4O/c1-23-17-16(19-8-9-20-17)21-14-6-4-10-22(12-14)11-13-5-2-3-7-15(13)18/h2-3,5,7-9,14H,4,6,10-12H2,1H3,(H,19,21). The Morgan fingerprint density at radius 1 is 1.30 bits per heavy atom. The number of likely N-dealkylation sites (tertiary alicyclic amines) is 1. The highest BCUT2D eigenvalue weighted by molar-refractivity contribution is 5.45. The molecule has 1 aromatic heterocycles. The predicted molar refractivity (Wildman–Crippen MR) is 86.9 cm³/mol. The number of nitrogens with one attached hydrogen (secondary N) is 1. The van der Waals surface area contributed by atoms with E-state index >= 15 is 0 Å². The molecule has 1 aromatic carbocycles. The molecule has 1 saturated heterocycles. The fourth-order valence-electron chi connectivity index (χ4n) is 2.95. The minimum absolute atomic E-state index is 0.141. The summed E-state index contributed by atoms with van der Waals surface area (Å²) in [5.74, 6) is 1.02. The first-order valence-electron chi connectivity index (χ1n) is 7.83. The van der Waals surface area contributed by atoms with Crippen LogP contribution in [0.2, 0.25) is 0 Å². The van der Waals surface area contributed by atoms with Crippen molar-refractivity contribution in [3.05, 3.63) is 48.0 Å². The van der Waals surface area contributed by atoms with Crippen molar-refractivity contribution < 1.29 is 9.13 Å². The quantitative estimate of drug-likeness (QED) is 0.919. The van der Waals surface area contributed by atoms with Gasteiger partial charge in [0.2, 0.25) is 0 Å². The van der Waals surface area contributed by atoms with E-state index < -0.39 is 0 Å². The van der Waals surface area contributed by atoms with E-state index in [9.17, 15) is 4.39 Å². The molecule has 1 fully saturated rings. The Balaban J connectivity index is 1.63. The molecule has 122 valence electrons. The van der Waals surface area contributed by atoms with Crippen molar-refractivity contribution in [2.24, 2.45) is 0 Å². The molecule has 1 aliphatic heterocycles. The topological polar surface area (TPSA) is 50.3 Å². The fourth-order valence-corrected chi connectivity index (χ4v) is 2.95. The van der Waals surface area contributed by atoms with Crippen LogP contribution in [0.3, 0.4) is 0 Å². The molecule has 5 nitrogen and oxygen atoms in total. The minimum atomic E-state index is -0.141. The Morgan fingerprint density at radius 3 is 2.96 bits per heavy atom. The van der Waals surface area contributed by atoms with Crippen LogP contribution in [-0.4, -0.2) is 41.1 Å². The van der Waals surface area contributed by atoms with Gasteiger partial charge in [-0.2, -0.15) is 0 Å². The summed E-state index contributed by atoms with van der Waals surface area (Å²) in [6.07, 6.45) is 5.36. The van der Waals surface area contributed by atoms with Crippen molar-refractivity contribution in [1.82, 2.24) is 14.9 Å². The highest BCUT2D eigenvalue weighted by Gasteiger charge is 2.22. The summed E-state index contributed by atoms with van der Waals surface area (Å²) in [5.41, 5.74) is 0.741. The van der Waals surface area contributed by atoms with Crippen LogP contribution in [-0.2, 0) is 6.54 Å². The van der Waals surface area contributed by atoms with Crippen LogP contribution >= 0.6 is 0 Å². The summed E-state index contributed by atoms with van der Waals surface area (Å²) >= 11 is 0. The Kier molecular flexibility index (Phi) is 5.02. The van der Waals surface area contributed by atoms with E-state index in [1.165, 1.54) is 6.07 Å². The van der Waals surface area contributed by atoms with Crippen LogP contribution in [0.25, 0.3) is 0 Å². The van der Waals surface area contributed by atoms with Crippen molar-refractivity contribution in [2.45, 2.75) is 25.4 Å². The highest BCUT2D eigenvalue weighted by Crippen LogP contribution is 2.22. The van der Waals surface area contributed by atoms with Crippen LogP contribution in [0.15, 0.2) is 36.7 Å². The van der Waals surface area contributed by atoms with E-state index in [0.29, 0.717) is 18.2 Å². The number of rotatable bonds is 5. The summed E-state index contributed by atoms with van der Waals surface area (Å²) in [6, 6.07) is 7.21. The Hall–Kier alpha value is -2.21. The fraction of sp³-hybridized carbons (Fsp3) is 0.412. The average Bonchev–Trinajstić information content (AvgIpc) is 2.58. The first-order chi connectivity index (χ1) is 11.3. The molecular weight excluding hydrogens is 295 g/mol. The van der Waals surface area contributed by atoms with E-state index in [1.807, 2.05) is 12.1 Å². The van der Waals surface area contributed by atoms with Gasteiger partial charge >= 0.3 is 0 Å². The number of benzene rings is 1. The van der Waals surface area contributed by atoms with Gasteiger partial charge in [-0.1, -0.05) is 18.2 Å². The number of hydrogen-bond donors (Lipinski definition) is 1. The Bertz CT molecular complexity index is 652. The zero-order chi connectivity index (χ0) is 16.1. The third-order valence-electron chi connectivity index (χ3n) is 4.06. The lowest BCUT2D eigenvalue weighted by atomic mass is 10.0. The number of piperidine rings is 1. The van der Waals surface area contributed by atoms with Crippen molar-refractivity contribution in [3.8, 4) is 5.88 Å². The lowest BCUT2D eigenvalue weighted by Gasteiger charge is -2.33. The molecule has 2 aromatic rings. The van der Waals surface area contributed by atoms with Gasteiger partial charge in [0.05, 0.1) is 7.11 Å². The number of nitrogens with zero attached hydrogens (tertiary/aromatic N) is 3. The molecule has 0 radical (unpaired) electrons. The van der Waals surface area contributed by atoms with E-state index in [2.05, 4.69) is 20.2 Å². The monoisotopic (exact) mass is 316 g/mol. The molecule has 0 bridgehead atoms. The van der Waals surface area contributed by atoms with Gasteiger partial charge in [0.25, 0.3) is 5.88 Å². The number of methoxy groups -OCH3 is 1. The zero-order valence-electron chi connectivity index (χ0n) is 13.2. The maximum Gasteiger partial charge on any atom is 0.257 e. The Labute approximate surface area is 135 Å². The van der Waals surface area contributed by atoms with Gasteiger partial charge in [-0.25, -0.2) is 14.4 Å². The largest absolute Gasteiger partial charge is 0.478 e. The molecule has 0 saturated carbocycles. The smallest absolute Gasteiger partial charge is 0.257 e. The average molecular weight is 316 g/mol. The maximum absolute atomic E-state index is 13.8. The van der Waals surface area contributed by atoms with E-state index in [-0.39, 0.29) is 11.9 Å². The van der Waals surface area contributed by atoms with Gasteiger partial charge in [-0.05, 0) is 25.5 Å². The molecule has 6 heteroatoms. The van der Waals surface area contributed by atoms with Gasteiger partial charge in [0, 0.05) is 37.1 Å². The molecule has 1 atom stereocenters. The maximum atomic E-state index is 13.8. The van der Waals surface area contributed by atoms with E-state index in [0.717, 1.165) is 31.5 Å². The number of hydrogen-bond acceptors (Lipinski definition) is 5. The minimum Gasteiger partial charge on any atom is -0.478 e. The molecule has 0 aliphatic carbocycles. The summed E-state index contributed by atoms with van der Waals surface area (Å²) in [5, 5.41) is 3.40. The lowest BCUT2D eigenvalue weighted by Crippen LogP contribution is -2.42. The zero-order valence-corrected chi connectivity index (χ0v) is 13.2.